The lowest BCUT2D eigenvalue weighted by Gasteiger charge is -2.07. The van der Waals surface area contributed by atoms with Crippen molar-refractivity contribution in [2.24, 2.45) is 7.05 Å². The standard InChI is InChI=1S/C15H20ClN3/c1-4-7-17-9-12-5-6-13(15(16)8-12)14-10-19(3)18-11(14)2/h5-6,8,10,17H,4,7,9H2,1-3H3. The molecular formula is C15H20ClN3. The van der Waals surface area contributed by atoms with Gasteiger partial charge in [0.1, 0.15) is 0 Å². The van der Waals surface area contributed by atoms with Crippen molar-refractivity contribution in [1.82, 2.24) is 15.1 Å². The number of aryl methyl sites for hydroxylation is 2. The molecular weight excluding hydrogens is 258 g/mol. The number of hydrogen-bond donors (Lipinski definition) is 1. The molecule has 1 aromatic carbocycles. The lowest BCUT2D eigenvalue weighted by molar-refractivity contribution is 0.675. The molecule has 102 valence electrons. The summed E-state index contributed by atoms with van der Waals surface area (Å²) in [6, 6.07) is 6.23. The van der Waals surface area contributed by atoms with E-state index in [0.717, 1.165) is 41.4 Å². The van der Waals surface area contributed by atoms with E-state index in [1.54, 1.807) is 0 Å². The number of nitrogens with one attached hydrogen (secondary N) is 1. The average molecular weight is 278 g/mol. The number of hydrogen-bond acceptors (Lipinski definition) is 2. The van der Waals surface area contributed by atoms with Gasteiger partial charge in [-0.2, -0.15) is 5.10 Å². The third kappa shape index (κ3) is 3.37. The molecule has 1 aromatic heterocycles. The van der Waals surface area contributed by atoms with Gasteiger partial charge in [-0.05, 0) is 31.5 Å². The van der Waals surface area contributed by atoms with Crippen LogP contribution in [0.25, 0.3) is 11.1 Å². The molecule has 1 heterocycles. The summed E-state index contributed by atoms with van der Waals surface area (Å²) in [6.45, 7) is 6.05. The van der Waals surface area contributed by atoms with Crippen molar-refractivity contribution < 1.29 is 0 Å². The first-order chi connectivity index (χ1) is 9.11. The van der Waals surface area contributed by atoms with Crippen molar-refractivity contribution in [3.63, 3.8) is 0 Å². The molecule has 0 radical (unpaired) electrons. The Balaban J connectivity index is 2.22. The summed E-state index contributed by atoms with van der Waals surface area (Å²) in [7, 11) is 1.92. The fourth-order valence-corrected chi connectivity index (χ4v) is 2.47. The van der Waals surface area contributed by atoms with Gasteiger partial charge in [0.25, 0.3) is 0 Å². The van der Waals surface area contributed by atoms with Crippen molar-refractivity contribution in [3.8, 4) is 11.1 Å². The summed E-state index contributed by atoms with van der Waals surface area (Å²) in [5.41, 5.74) is 4.36. The number of benzene rings is 1. The summed E-state index contributed by atoms with van der Waals surface area (Å²) in [5, 5.41) is 8.52. The Hall–Kier alpha value is -1.32. The van der Waals surface area contributed by atoms with Gasteiger partial charge in [-0.25, -0.2) is 0 Å². The largest absolute Gasteiger partial charge is 0.313 e. The van der Waals surface area contributed by atoms with E-state index in [0.29, 0.717) is 0 Å². The topological polar surface area (TPSA) is 29.9 Å². The lowest BCUT2D eigenvalue weighted by atomic mass is 10.0. The molecule has 3 nitrogen and oxygen atoms in total. The van der Waals surface area contributed by atoms with Crippen LogP contribution in [0.1, 0.15) is 24.6 Å². The minimum atomic E-state index is 0.784. The van der Waals surface area contributed by atoms with Crippen LogP contribution in [0.2, 0.25) is 5.02 Å². The van der Waals surface area contributed by atoms with Crippen LogP contribution >= 0.6 is 11.6 Å². The van der Waals surface area contributed by atoms with Gasteiger partial charge in [-0.1, -0.05) is 30.7 Å². The molecule has 0 atom stereocenters. The molecule has 0 amide bonds. The summed E-state index contributed by atoms with van der Waals surface area (Å²) >= 11 is 6.39. The zero-order chi connectivity index (χ0) is 13.8. The molecule has 0 unspecified atom stereocenters. The first-order valence-electron chi connectivity index (χ1n) is 6.61. The van der Waals surface area contributed by atoms with E-state index >= 15 is 0 Å². The van der Waals surface area contributed by atoms with Gasteiger partial charge in [0, 0.05) is 35.9 Å². The third-order valence-electron chi connectivity index (χ3n) is 3.09. The summed E-state index contributed by atoms with van der Waals surface area (Å²) < 4.78 is 1.82. The van der Waals surface area contributed by atoms with Crippen LogP contribution in [0.15, 0.2) is 24.4 Å². The number of nitrogens with zero attached hydrogens (tertiary/aromatic N) is 2. The molecule has 0 aliphatic rings. The fraction of sp³-hybridized carbons (Fsp3) is 0.400. The Bertz CT molecular complexity index is 561. The highest BCUT2D eigenvalue weighted by Gasteiger charge is 2.10. The SMILES string of the molecule is CCCNCc1ccc(-c2cn(C)nc2C)c(Cl)c1. The molecule has 0 spiro atoms. The monoisotopic (exact) mass is 277 g/mol. The fourth-order valence-electron chi connectivity index (χ4n) is 2.16. The highest BCUT2D eigenvalue weighted by molar-refractivity contribution is 6.33. The highest BCUT2D eigenvalue weighted by atomic mass is 35.5. The molecule has 0 saturated heterocycles. The van der Waals surface area contributed by atoms with Crippen LogP contribution < -0.4 is 5.32 Å². The average Bonchev–Trinajstić information content (AvgIpc) is 2.69. The van der Waals surface area contributed by atoms with Crippen LogP contribution in [0, 0.1) is 6.92 Å². The Morgan fingerprint density at radius 1 is 1.32 bits per heavy atom. The first-order valence-corrected chi connectivity index (χ1v) is 6.99. The van der Waals surface area contributed by atoms with Gasteiger partial charge in [-0.3, -0.25) is 4.68 Å². The second-order valence-electron chi connectivity index (χ2n) is 4.79. The molecule has 0 saturated carbocycles. The third-order valence-corrected chi connectivity index (χ3v) is 3.41. The number of aromatic nitrogens is 2. The van der Waals surface area contributed by atoms with Crippen LogP contribution in [0.4, 0.5) is 0 Å². The molecule has 1 N–H and O–H groups in total. The number of rotatable bonds is 5. The second kappa shape index (κ2) is 6.22. The first kappa shape index (κ1) is 14.1. The zero-order valence-electron chi connectivity index (χ0n) is 11.7. The molecule has 19 heavy (non-hydrogen) atoms. The van der Waals surface area contributed by atoms with Crippen LogP contribution in [-0.4, -0.2) is 16.3 Å². The summed E-state index contributed by atoms with van der Waals surface area (Å²) in [5.74, 6) is 0. The smallest absolute Gasteiger partial charge is 0.0672 e. The van der Waals surface area contributed by atoms with Crippen molar-refractivity contribution in [1.29, 1.82) is 0 Å². The van der Waals surface area contributed by atoms with Crippen molar-refractivity contribution in [2.45, 2.75) is 26.8 Å². The summed E-state index contributed by atoms with van der Waals surface area (Å²) in [4.78, 5) is 0. The normalized spacial score (nSPS) is 10.9. The van der Waals surface area contributed by atoms with Gasteiger partial charge >= 0.3 is 0 Å². The summed E-state index contributed by atoms with van der Waals surface area (Å²) in [6.07, 6.45) is 3.15. The highest BCUT2D eigenvalue weighted by Crippen LogP contribution is 2.30. The van der Waals surface area contributed by atoms with Gasteiger partial charge in [0.2, 0.25) is 0 Å². The van der Waals surface area contributed by atoms with E-state index in [4.69, 9.17) is 11.6 Å². The van der Waals surface area contributed by atoms with Crippen molar-refractivity contribution in [3.05, 3.63) is 40.7 Å². The van der Waals surface area contributed by atoms with Crippen molar-refractivity contribution in [2.75, 3.05) is 6.54 Å². The van der Waals surface area contributed by atoms with Gasteiger partial charge in [0.15, 0.2) is 0 Å². The van der Waals surface area contributed by atoms with E-state index in [-0.39, 0.29) is 0 Å². The predicted octanol–water partition coefficient (Wildman–Crippen LogP) is 3.55. The van der Waals surface area contributed by atoms with Crippen molar-refractivity contribution >= 4 is 11.6 Å². The van der Waals surface area contributed by atoms with Crippen LogP contribution in [-0.2, 0) is 13.6 Å². The maximum Gasteiger partial charge on any atom is 0.0672 e. The Labute approximate surface area is 119 Å². The predicted molar refractivity (Wildman–Crippen MR) is 80.4 cm³/mol. The molecule has 0 fully saturated rings. The van der Waals surface area contributed by atoms with Crippen LogP contribution in [0.3, 0.4) is 0 Å². The zero-order valence-corrected chi connectivity index (χ0v) is 12.5. The minimum absolute atomic E-state index is 0.784. The van der Waals surface area contributed by atoms with Gasteiger partial charge in [0.05, 0.1) is 5.69 Å². The Kier molecular flexibility index (Phi) is 4.61. The second-order valence-corrected chi connectivity index (χ2v) is 5.20. The van der Waals surface area contributed by atoms with Crippen LogP contribution in [0.5, 0.6) is 0 Å². The molecule has 2 aromatic rings. The minimum Gasteiger partial charge on any atom is -0.313 e. The Morgan fingerprint density at radius 2 is 2.11 bits per heavy atom. The maximum atomic E-state index is 6.39. The van der Waals surface area contributed by atoms with E-state index in [9.17, 15) is 0 Å². The van der Waals surface area contributed by atoms with Gasteiger partial charge < -0.3 is 5.32 Å². The molecule has 0 bridgehead atoms. The Morgan fingerprint density at radius 3 is 2.68 bits per heavy atom. The molecule has 0 aliphatic carbocycles. The van der Waals surface area contributed by atoms with E-state index < -0.39 is 0 Å². The molecule has 4 heteroatoms. The molecule has 0 aliphatic heterocycles. The number of halogens is 1. The quantitative estimate of drug-likeness (QED) is 0.847. The maximum absolute atomic E-state index is 6.39. The van der Waals surface area contributed by atoms with E-state index in [1.807, 2.05) is 30.9 Å². The van der Waals surface area contributed by atoms with E-state index in [1.165, 1.54) is 5.56 Å². The van der Waals surface area contributed by atoms with E-state index in [2.05, 4.69) is 29.5 Å². The van der Waals surface area contributed by atoms with Gasteiger partial charge in [-0.15, -0.1) is 0 Å². The molecule has 2 rings (SSSR count). The lowest BCUT2D eigenvalue weighted by Crippen LogP contribution is -2.13.